The topological polar surface area (TPSA) is 43.3 Å². The molecule has 2 unspecified atom stereocenters. The van der Waals surface area contributed by atoms with Gasteiger partial charge in [-0.3, -0.25) is 0 Å². The molecule has 3 aliphatic heterocycles. The summed E-state index contributed by atoms with van der Waals surface area (Å²) in [5.41, 5.74) is 3.53. The molecule has 3 heterocycles. The SMILES string of the molecule is Fc1cccc(C2Oc3ccc(Cl)cc3C3CC(c4ccc5c(c4)OCO5)=NN32)c1. The molecule has 3 aromatic carbocycles. The van der Waals surface area contributed by atoms with Crippen molar-refractivity contribution in [2.75, 3.05) is 6.79 Å². The lowest BCUT2D eigenvalue weighted by atomic mass is 9.95. The fourth-order valence-corrected chi connectivity index (χ4v) is 4.37. The molecule has 0 aromatic heterocycles. The summed E-state index contributed by atoms with van der Waals surface area (Å²) in [4.78, 5) is 0. The third-order valence-electron chi connectivity index (χ3n) is 5.59. The summed E-state index contributed by atoms with van der Waals surface area (Å²) in [6.07, 6.45) is 0.133. The van der Waals surface area contributed by atoms with E-state index in [2.05, 4.69) is 0 Å². The van der Waals surface area contributed by atoms with Crippen molar-refractivity contribution in [2.45, 2.75) is 18.7 Å². The van der Waals surface area contributed by atoms with E-state index in [1.54, 1.807) is 12.1 Å². The Labute approximate surface area is 177 Å². The number of fused-ring (bicyclic) bond motifs is 4. The molecule has 0 aliphatic carbocycles. The molecule has 30 heavy (non-hydrogen) atoms. The van der Waals surface area contributed by atoms with Gasteiger partial charge in [0, 0.05) is 28.1 Å². The quantitative estimate of drug-likeness (QED) is 0.550. The molecule has 0 radical (unpaired) electrons. The van der Waals surface area contributed by atoms with E-state index in [0.29, 0.717) is 22.8 Å². The first-order chi connectivity index (χ1) is 14.7. The van der Waals surface area contributed by atoms with E-state index in [4.69, 9.17) is 30.9 Å². The second kappa shape index (κ2) is 6.64. The Bertz CT molecular complexity index is 1200. The summed E-state index contributed by atoms with van der Waals surface area (Å²) in [5.74, 6) is 1.86. The molecular formula is C23H16ClFN2O3. The maximum atomic E-state index is 13.9. The third-order valence-corrected chi connectivity index (χ3v) is 5.83. The van der Waals surface area contributed by atoms with Crippen LogP contribution in [0, 0.1) is 5.82 Å². The molecule has 0 fully saturated rings. The number of hydrogen-bond acceptors (Lipinski definition) is 5. The first-order valence-electron chi connectivity index (χ1n) is 9.63. The molecule has 3 aliphatic rings. The maximum Gasteiger partial charge on any atom is 0.231 e. The minimum absolute atomic E-state index is 0.0684. The average molecular weight is 423 g/mol. The Morgan fingerprint density at radius 2 is 1.83 bits per heavy atom. The normalized spacial score (nSPS) is 21.0. The van der Waals surface area contributed by atoms with Crippen LogP contribution in [0.3, 0.4) is 0 Å². The van der Waals surface area contributed by atoms with E-state index in [1.165, 1.54) is 12.1 Å². The van der Waals surface area contributed by atoms with Crippen LogP contribution in [0.5, 0.6) is 17.2 Å². The minimum Gasteiger partial charge on any atom is -0.464 e. The number of ether oxygens (including phenoxy) is 3. The van der Waals surface area contributed by atoms with E-state index in [1.807, 2.05) is 41.4 Å². The number of hydrazone groups is 1. The van der Waals surface area contributed by atoms with Crippen molar-refractivity contribution in [1.29, 1.82) is 0 Å². The van der Waals surface area contributed by atoms with Gasteiger partial charge >= 0.3 is 0 Å². The molecule has 0 saturated heterocycles. The van der Waals surface area contributed by atoms with Gasteiger partial charge in [-0.05, 0) is 48.5 Å². The second-order valence-corrected chi connectivity index (χ2v) is 7.86. The third kappa shape index (κ3) is 2.79. The summed E-state index contributed by atoms with van der Waals surface area (Å²) >= 11 is 6.27. The van der Waals surface area contributed by atoms with Crippen LogP contribution in [-0.4, -0.2) is 17.5 Å². The predicted octanol–water partition coefficient (Wildman–Crippen LogP) is 5.45. The van der Waals surface area contributed by atoms with Crippen molar-refractivity contribution in [3.05, 3.63) is 88.2 Å². The summed E-state index contributed by atoms with van der Waals surface area (Å²) in [5, 5.41) is 7.42. The van der Waals surface area contributed by atoms with E-state index < -0.39 is 6.23 Å². The molecule has 150 valence electrons. The predicted molar refractivity (Wildman–Crippen MR) is 110 cm³/mol. The van der Waals surface area contributed by atoms with Crippen molar-refractivity contribution < 1.29 is 18.6 Å². The van der Waals surface area contributed by atoms with Crippen LogP contribution in [0.25, 0.3) is 0 Å². The standard InChI is InChI=1S/C23H16ClFN2O3/c24-15-5-7-20-17(10-15)19-11-18(13-4-6-21-22(9-13)29-12-28-21)26-27(19)23(30-20)14-2-1-3-16(25)8-14/h1-10,19,23H,11-12H2. The van der Waals surface area contributed by atoms with Gasteiger partial charge in [-0.1, -0.05) is 23.7 Å². The zero-order valence-electron chi connectivity index (χ0n) is 15.7. The van der Waals surface area contributed by atoms with E-state index in [9.17, 15) is 4.39 Å². The molecule has 0 saturated carbocycles. The molecule has 5 nitrogen and oxygen atoms in total. The highest BCUT2D eigenvalue weighted by Crippen LogP contribution is 2.48. The summed E-state index contributed by atoms with van der Waals surface area (Å²) in [6, 6.07) is 17.7. The highest BCUT2D eigenvalue weighted by Gasteiger charge is 2.41. The fourth-order valence-electron chi connectivity index (χ4n) is 4.19. The first kappa shape index (κ1) is 17.6. The van der Waals surface area contributed by atoms with Gasteiger partial charge in [-0.15, -0.1) is 0 Å². The van der Waals surface area contributed by atoms with Crippen molar-refractivity contribution in [3.63, 3.8) is 0 Å². The summed E-state index contributed by atoms with van der Waals surface area (Å²) in [7, 11) is 0. The van der Waals surface area contributed by atoms with E-state index in [0.717, 1.165) is 28.3 Å². The van der Waals surface area contributed by atoms with Crippen molar-refractivity contribution >= 4 is 17.3 Å². The highest BCUT2D eigenvalue weighted by atomic mass is 35.5. The van der Waals surface area contributed by atoms with E-state index in [-0.39, 0.29) is 18.7 Å². The Balaban J connectivity index is 1.44. The van der Waals surface area contributed by atoms with Gasteiger partial charge in [0.25, 0.3) is 0 Å². The lowest BCUT2D eigenvalue weighted by Crippen LogP contribution is -2.33. The largest absolute Gasteiger partial charge is 0.464 e. The van der Waals surface area contributed by atoms with Crippen LogP contribution in [0.2, 0.25) is 5.02 Å². The molecular weight excluding hydrogens is 407 g/mol. The van der Waals surface area contributed by atoms with Gasteiger partial charge < -0.3 is 14.2 Å². The zero-order valence-corrected chi connectivity index (χ0v) is 16.5. The fraction of sp³-hybridized carbons (Fsp3) is 0.174. The van der Waals surface area contributed by atoms with Crippen LogP contribution in [0.15, 0.2) is 65.8 Å². The van der Waals surface area contributed by atoms with Gasteiger partial charge in [0.05, 0.1) is 11.8 Å². The highest BCUT2D eigenvalue weighted by molar-refractivity contribution is 6.30. The van der Waals surface area contributed by atoms with Crippen molar-refractivity contribution in [2.24, 2.45) is 5.10 Å². The maximum absolute atomic E-state index is 13.9. The molecule has 7 heteroatoms. The molecule has 0 bridgehead atoms. The van der Waals surface area contributed by atoms with Crippen LogP contribution >= 0.6 is 11.6 Å². The van der Waals surface area contributed by atoms with Crippen LogP contribution < -0.4 is 14.2 Å². The molecule has 0 spiro atoms. The number of nitrogens with zero attached hydrogens (tertiary/aromatic N) is 2. The van der Waals surface area contributed by atoms with Gasteiger partial charge in [-0.2, -0.15) is 5.10 Å². The van der Waals surface area contributed by atoms with Gasteiger partial charge in [0.1, 0.15) is 11.6 Å². The Morgan fingerprint density at radius 1 is 0.967 bits per heavy atom. The first-order valence-corrected chi connectivity index (χ1v) is 10.0. The lowest BCUT2D eigenvalue weighted by molar-refractivity contribution is -0.0192. The van der Waals surface area contributed by atoms with Crippen LogP contribution in [0.4, 0.5) is 4.39 Å². The molecule has 0 N–H and O–H groups in total. The number of hydrogen-bond donors (Lipinski definition) is 0. The smallest absolute Gasteiger partial charge is 0.231 e. The zero-order chi connectivity index (χ0) is 20.2. The van der Waals surface area contributed by atoms with Crippen molar-refractivity contribution in [1.82, 2.24) is 5.01 Å². The molecule has 2 atom stereocenters. The molecule has 6 rings (SSSR count). The second-order valence-electron chi connectivity index (χ2n) is 7.42. The van der Waals surface area contributed by atoms with Gasteiger partial charge in [-0.25, -0.2) is 9.40 Å². The van der Waals surface area contributed by atoms with Gasteiger partial charge in [0.2, 0.25) is 13.0 Å². The van der Waals surface area contributed by atoms with Crippen LogP contribution in [-0.2, 0) is 0 Å². The Kier molecular flexibility index (Phi) is 3.89. The number of halogens is 2. The monoisotopic (exact) mass is 422 g/mol. The van der Waals surface area contributed by atoms with E-state index >= 15 is 0 Å². The lowest BCUT2D eigenvalue weighted by Gasteiger charge is -2.38. The number of rotatable bonds is 2. The molecule has 0 amide bonds. The van der Waals surface area contributed by atoms with Crippen LogP contribution in [0.1, 0.15) is 35.4 Å². The number of benzene rings is 3. The summed E-state index contributed by atoms with van der Waals surface area (Å²) in [6.45, 7) is 0.224. The Morgan fingerprint density at radius 3 is 2.73 bits per heavy atom. The van der Waals surface area contributed by atoms with Gasteiger partial charge in [0.15, 0.2) is 11.5 Å². The van der Waals surface area contributed by atoms with Crippen molar-refractivity contribution in [3.8, 4) is 17.2 Å². The summed E-state index contributed by atoms with van der Waals surface area (Å²) < 4.78 is 31.1. The minimum atomic E-state index is -0.536. The Hall–Kier alpha value is -3.25. The average Bonchev–Trinajstić information content (AvgIpc) is 3.40. The molecule has 3 aromatic rings.